The Labute approximate surface area is 110 Å². The lowest BCUT2D eigenvalue weighted by molar-refractivity contribution is 0.311. The van der Waals surface area contributed by atoms with Gasteiger partial charge < -0.3 is 5.73 Å². The van der Waals surface area contributed by atoms with Crippen molar-refractivity contribution in [2.45, 2.75) is 51.0 Å². The fraction of sp³-hybridized carbons (Fsp3) is 1.00. The molecule has 2 aliphatic rings. The van der Waals surface area contributed by atoms with Crippen molar-refractivity contribution in [3.05, 3.63) is 0 Å². The second kappa shape index (κ2) is 6.32. The van der Waals surface area contributed by atoms with Gasteiger partial charge in [-0.05, 0) is 38.0 Å². The van der Waals surface area contributed by atoms with Crippen molar-refractivity contribution in [1.29, 1.82) is 0 Å². The maximum Gasteiger partial charge on any atom is 0.279 e. The Kier molecular flexibility index (Phi) is 5.00. The summed E-state index contributed by atoms with van der Waals surface area (Å²) in [5.74, 6) is 0.410. The number of hydrogen-bond donors (Lipinski definition) is 2. The molecule has 2 fully saturated rings. The highest BCUT2D eigenvalue weighted by Crippen LogP contribution is 2.22. The van der Waals surface area contributed by atoms with Gasteiger partial charge in [0.1, 0.15) is 0 Å². The summed E-state index contributed by atoms with van der Waals surface area (Å²) in [4.78, 5) is 0. The molecule has 0 aromatic carbocycles. The minimum absolute atomic E-state index is 0.253. The Morgan fingerprint density at radius 2 is 1.83 bits per heavy atom. The minimum atomic E-state index is -3.26. The van der Waals surface area contributed by atoms with Crippen molar-refractivity contribution in [2.24, 2.45) is 11.7 Å². The molecule has 0 radical (unpaired) electrons. The standard InChI is InChI=1S/C12H25N3O2S/c13-12-6-4-5-11(9-12)10-14-18(16,17)15-7-2-1-3-8-15/h11-12,14H,1-10,13H2. The smallest absolute Gasteiger partial charge is 0.279 e. The molecule has 1 aliphatic heterocycles. The lowest BCUT2D eigenvalue weighted by Gasteiger charge is -2.29. The van der Waals surface area contributed by atoms with Crippen LogP contribution in [0.2, 0.25) is 0 Å². The molecule has 3 N–H and O–H groups in total. The van der Waals surface area contributed by atoms with E-state index in [0.29, 0.717) is 25.6 Å². The van der Waals surface area contributed by atoms with Gasteiger partial charge in [-0.25, -0.2) is 4.72 Å². The first kappa shape index (κ1) is 14.2. The topological polar surface area (TPSA) is 75.4 Å². The molecule has 1 saturated carbocycles. The predicted molar refractivity (Wildman–Crippen MR) is 72.3 cm³/mol. The van der Waals surface area contributed by atoms with Gasteiger partial charge in [0.25, 0.3) is 10.2 Å². The van der Waals surface area contributed by atoms with E-state index in [2.05, 4.69) is 4.72 Å². The minimum Gasteiger partial charge on any atom is -0.328 e. The van der Waals surface area contributed by atoms with Crippen LogP contribution in [-0.4, -0.2) is 38.4 Å². The number of hydrogen-bond acceptors (Lipinski definition) is 3. The van der Waals surface area contributed by atoms with Crippen molar-refractivity contribution < 1.29 is 8.42 Å². The molecule has 2 unspecified atom stereocenters. The molecule has 1 aliphatic carbocycles. The second-order valence-corrected chi connectivity index (χ2v) is 7.36. The van der Waals surface area contributed by atoms with Crippen molar-refractivity contribution in [3.8, 4) is 0 Å². The van der Waals surface area contributed by atoms with Gasteiger partial charge in [0, 0.05) is 25.7 Å². The molecule has 0 amide bonds. The van der Waals surface area contributed by atoms with Crippen LogP contribution < -0.4 is 10.5 Å². The zero-order valence-electron chi connectivity index (χ0n) is 11.0. The third-order valence-electron chi connectivity index (χ3n) is 4.03. The number of nitrogens with one attached hydrogen (secondary N) is 1. The van der Waals surface area contributed by atoms with Gasteiger partial charge >= 0.3 is 0 Å². The van der Waals surface area contributed by atoms with Crippen LogP contribution in [0.15, 0.2) is 0 Å². The van der Waals surface area contributed by atoms with E-state index in [-0.39, 0.29) is 6.04 Å². The Bertz CT molecular complexity index is 352. The molecule has 6 heteroatoms. The van der Waals surface area contributed by atoms with Gasteiger partial charge in [0.05, 0.1) is 0 Å². The van der Waals surface area contributed by atoms with Gasteiger partial charge in [-0.2, -0.15) is 12.7 Å². The average molecular weight is 275 g/mol. The molecule has 106 valence electrons. The van der Waals surface area contributed by atoms with Gasteiger partial charge in [-0.1, -0.05) is 12.8 Å². The summed E-state index contributed by atoms with van der Waals surface area (Å²) in [6.07, 6.45) is 7.35. The van der Waals surface area contributed by atoms with Crippen molar-refractivity contribution in [1.82, 2.24) is 9.03 Å². The Morgan fingerprint density at radius 3 is 2.50 bits per heavy atom. The van der Waals surface area contributed by atoms with Crippen LogP contribution in [0.5, 0.6) is 0 Å². The third-order valence-corrected chi connectivity index (χ3v) is 5.61. The molecular weight excluding hydrogens is 250 g/mol. The van der Waals surface area contributed by atoms with Gasteiger partial charge in [-0.15, -0.1) is 0 Å². The highest BCUT2D eigenvalue weighted by atomic mass is 32.2. The summed E-state index contributed by atoms with van der Waals surface area (Å²) in [5, 5.41) is 0. The van der Waals surface area contributed by atoms with Crippen LogP contribution in [0.3, 0.4) is 0 Å². The predicted octanol–water partition coefficient (Wildman–Crippen LogP) is 0.824. The van der Waals surface area contributed by atoms with Crippen molar-refractivity contribution in [2.75, 3.05) is 19.6 Å². The van der Waals surface area contributed by atoms with Gasteiger partial charge in [0.2, 0.25) is 0 Å². The van der Waals surface area contributed by atoms with E-state index in [1.54, 1.807) is 4.31 Å². The maximum absolute atomic E-state index is 12.1. The van der Waals surface area contributed by atoms with Crippen LogP contribution in [0.1, 0.15) is 44.9 Å². The fourth-order valence-electron chi connectivity index (χ4n) is 2.94. The normalized spacial score (nSPS) is 31.4. The maximum atomic E-state index is 12.1. The van der Waals surface area contributed by atoms with E-state index in [4.69, 9.17) is 5.73 Å². The van der Waals surface area contributed by atoms with Crippen LogP contribution in [-0.2, 0) is 10.2 Å². The van der Waals surface area contributed by atoms with E-state index in [1.807, 2.05) is 0 Å². The summed E-state index contributed by atoms with van der Waals surface area (Å²) < 4.78 is 28.5. The van der Waals surface area contributed by atoms with Gasteiger partial charge in [-0.3, -0.25) is 0 Å². The summed E-state index contributed by atoms with van der Waals surface area (Å²) in [7, 11) is -3.26. The first-order chi connectivity index (χ1) is 8.58. The van der Waals surface area contributed by atoms with Crippen LogP contribution in [0.25, 0.3) is 0 Å². The molecule has 0 aromatic heterocycles. The van der Waals surface area contributed by atoms with Gasteiger partial charge in [0.15, 0.2) is 0 Å². The Balaban J connectivity index is 1.80. The van der Waals surface area contributed by atoms with E-state index < -0.39 is 10.2 Å². The number of piperidine rings is 1. The molecule has 2 atom stereocenters. The monoisotopic (exact) mass is 275 g/mol. The second-order valence-electron chi connectivity index (χ2n) is 5.61. The summed E-state index contributed by atoms with van der Waals surface area (Å²) >= 11 is 0. The lowest BCUT2D eigenvalue weighted by atomic mass is 9.86. The van der Waals surface area contributed by atoms with Crippen molar-refractivity contribution >= 4 is 10.2 Å². The SMILES string of the molecule is NC1CCCC(CNS(=O)(=O)N2CCCCC2)C1. The number of nitrogens with zero attached hydrogens (tertiary/aromatic N) is 1. The largest absolute Gasteiger partial charge is 0.328 e. The zero-order chi connectivity index (χ0) is 13.0. The Hall–Kier alpha value is -0.170. The number of nitrogens with two attached hydrogens (primary N) is 1. The summed E-state index contributed by atoms with van der Waals surface area (Å²) in [6.45, 7) is 1.88. The molecule has 1 heterocycles. The summed E-state index contributed by atoms with van der Waals surface area (Å²) in [6, 6.07) is 0.253. The molecule has 1 saturated heterocycles. The van der Waals surface area contributed by atoms with Crippen LogP contribution >= 0.6 is 0 Å². The van der Waals surface area contributed by atoms with E-state index in [1.165, 1.54) is 0 Å². The first-order valence-electron chi connectivity index (χ1n) is 7.08. The number of rotatable bonds is 4. The van der Waals surface area contributed by atoms with Crippen LogP contribution in [0.4, 0.5) is 0 Å². The zero-order valence-corrected chi connectivity index (χ0v) is 11.8. The third kappa shape index (κ3) is 3.91. The van der Waals surface area contributed by atoms with Crippen LogP contribution in [0, 0.1) is 5.92 Å². The molecular formula is C12H25N3O2S. The van der Waals surface area contributed by atoms with E-state index in [0.717, 1.165) is 44.9 Å². The average Bonchev–Trinajstić information content (AvgIpc) is 2.38. The van der Waals surface area contributed by atoms with E-state index in [9.17, 15) is 8.42 Å². The molecule has 2 rings (SSSR count). The lowest BCUT2D eigenvalue weighted by Crippen LogP contribution is -2.45. The molecule has 0 aromatic rings. The molecule has 5 nitrogen and oxygen atoms in total. The first-order valence-corrected chi connectivity index (χ1v) is 8.52. The van der Waals surface area contributed by atoms with Crippen molar-refractivity contribution in [3.63, 3.8) is 0 Å². The molecule has 0 spiro atoms. The highest BCUT2D eigenvalue weighted by molar-refractivity contribution is 7.87. The highest BCUT2D eigenvalue weighted by Gasteiger charge is 2.26. The molecule has 0 bridgehead atoms. The Morgan fingerprint density at radius 1 is 1.11 bits per heavy atom. The fourth-order valence-corrected chi connectivity index (χ4v) is 4.31. The van der Waals surface area contributed by atoms with E-state index >= 15 is 0 Å². The summed E-state index contributed by atoms with van der Waals surface area (Å²) in [5.41, 5.74) is 5.92. The molecule has 18 heavy (non-hydrogen) atoms. The quantitative estimate of drug-likeness (QED) is 0.798.